The monoisotopic (exact) mass is 399 g/mol. The summed E-state index contributed by atoms with van der Waals surface area (Å²) in [6.07, 6.45) is 0. The van der Waals surface area contributed by atoms with Gasteiger partial charge in [0.05, 0.1) is 19.1 Å². The quantitative estimate of drug-likeness (QED) is 0.658. The third kappa shape index (κ3) is 4.67. The van der Waals surface area contributed by atoms with Crippen LogP contribution in [0.1, 0.15) is 19.4 Å². The minimum absolute atomic E-state index is 0.115. The molecule has 0 aliphatic rings. The average Bonchev–Trinajstić information content (AvgIpc) is 3.15. The van der Waals surface area contributed by atoms with Crippen molar-refractivity contribution in [1.82, 2.24) is 25.5 Å². The van der Waals surface area contributed by atoms with E-state index < -0.39 is 5.41 Å². The molecule has 0 aliphatic carbocycles. The van der Waals surface area contributed by atoms with Crippen molar-refractivity contribution < 1.29 is 9.53 Å². The smallest absolute Gasteiger partial charge is 0.227 e. The number of hydrogen-bond acceptors (Lipinski definition) is 5. The van der Waals surface area contributed by atoms with Crippen molar-refractivity contribution in [3.8, 4) is 17.1 Å². The molecule has 0 atom stereocenters. The van der Waals surface area contributed by atoms with Crippen LogP contribution in [0.5, 0.6) is 5.75 Å². The molecule has 1 N–H and O–H groups in total. The molecule has 0 saturated carbocycles. The highest BCUT2D eigenvalue weighted by molar-refractivity contribution is 6.31. The summed E-state index contributed by atoms with van der Waals surface area (Å²) in [6, 6.07) is 14.8. The number of rotatable bonds is 7. The van der Waals surface area contributed by atoms with Gasteiger partial charge in [-0.3, -0.25) is 4.79 Å². The van der Waals surface area contributed by atoms with Gasteiger partial charge >= 0.3 is 0 Å². The van der Waals surface area contributed by atoms with Gasteiger partial charge in [0, 0.05) is 17.1 Å². The van der Waals surface area contributed by atoms with E-state index in [-0.39, 0.29) is 5.91 Å². The molecule has 8 heteroatoms. The third-order valence-corrected chi connectivity index (χ3v) is 4.72. The Balaban J connectivity index is 1.64. The Morgan fingerprint density at radius 1 is 1.18 bits per heavy atom. The number of nitrogens with zero attached hydrogens (tertiary/aromatic N) is 4. The lowest BCUT2D eigenvalue weighted by Crippen LogP contribution is -2.39. The van der Waals surface area contributed by atoms with Crippen LogP contribution >= 0.6 is 11.6 Å². The molecule has 0 bridgehead atoms. The van der Waals surface area contributed by atoms with Crippen LogP contribution in [0.25, 0.3) is 11.4 Å². The highest BCUT2D eigenvalue weighted by Gasteiger charge is 2.29. The van der Waals surface area contributed by atoms with Crippen LogP contribution < -0.4 is 10.1 Å². The number of carbonyl (C=O) groups excluding carboxylic acids is 1. The zero-order chi connectivity index (χ0) is 20.1. The van der Waals surface area contributed by atoms with Gasteiger partial charge in [-0.1, -0.05) is 29.8 Å². The second kappa shape index (κ2) is 8.39. The van der Waals surface area contributed by atoms with Crippen LogP contribution in [0, 0.1) is 5.41 Å². The van der Waals surface area contributed by atoms with Crippen molar-refractivity contribution in [2.45, 2.75) is 26.9 Å². The lowest BCUT2D eigenvalue weighted by molar-refractivity contribution is -0.130. The van der Waals surface area contributed by atoms with Crippen molar-refractivity contribution in [2.24, 2.45) is 5.41 Å². The van der Waals surface area contributed by atoms with Gasteiger partial charge in [0.15, 0.2) is 0 Å². The number of carbonyl (C=O) groups is 1. The Hall–Kier alpha value is -2.93. The number of nitrogens with one attached hydrogen (secondary N) is 1. The fraction of sp³-hybridized carbons (Fsp3) is 0.300. The van der Waals surface area contributed by atoms with Crippen molar-refractivity contribution in [3.05, 3.63) is 59.1 Å². The highest BCUT2D eigenvalue weighted by atomic mass is 35.5. The lowest BCUT2D eigenvalue weighted by atomic mass is 9.92. The molecule has 1 amide bonds. The molecule has 7 nitrogen and oxygen atoms in total. The summed E-state index contributed by atoms with van der Waals surface area (Å²) in [7, 11) is 1.61. The molecule has 0 spiro atoms. The minimum Gasteiger partial charge on any atom is -0.497 e. The van der Waals surface area contributed by atoms with Gasteiger partial charge in [-0.25, -0.2) is 0 Å². The van der Waals surface area contributed by atoms with E-state index in [1.54, 1.807) is 13.2 Å². The normalized spacial score (nSPS) is 11.3. The van der Waals surface area contributed by atoms with Gasteiger partial charge < -0.3 is 10.1 Å². The molecular formula is C20H22ClN5O2. The van der Waals surface area contributed by atoms with E-state index in [9.17, 15) is 4.79 Å². The predicted molar refractivity (Wildman–Crippen MR) is 107 cm³/mol. The fourth-order valence-electron chi connectivity index (χ4n) is 2.65. The molecule has 3 rings (SSSR count). The van der Waals surface area contributed by atoms with E-state index in [4.69, 9.17) is 16.3 Å². The number of ether oxygens (including phenoxy) is 1. The van der Waals surface area contributed by atoms with Gasteiger partial charge in [-0.2, -0.15) is 4.80 Å². The van der Waals surface area contributed by atoms with Crippen LogP contribution in [-0.4, -0.2) is 33.2 Å². The van der Waals surface area contributed by atoms with E-state index in [0.29, 0.717) is 23.9 Å². The first-order valence-electron chi connectivity index (χ1n) is 8.83. The van der Waals surface area contributed by atoms with Crippen LogP contribution in [-0.2, 0) is 17.9 Å². The van der Waals surface area contributed by atoms with E-state index >= 15 is 0 Å². The first-order chi connectivity index (χ1) is 13.4. The maximum Gasteiger partial charge on any atom is 0.227 e. The van der Waals surface area contributed by atoms with Crippen LogP contribution in [0.15, 0.2) is 48.5 Å². The standard InChI is InChI=1S/C20H22ClN5O2/c1-20(2,19(27)22-12-15-6-4-5-7-17(15)21)13-26-24-18(23-25-26)14-8-10-16(28-3)11-9-14/h4-11H,12-13H2,1-3H3,(H,22,27). The summed E-state index contributed by atoms with van der Waals surface area (Å²) < 4.78 is 5.15. The Bertz CT molecular complexity index is 953. The van der Waals surface area contributed by atoms with E-state index in [0.717, 1.165) is 16.9 Å². The molecule has 0 aliphatic heterocycles. The molecule has 0 saturated heterocycles. The maximum absolute atomic E-state index is 12.6. The number of halogens is 1. The van der Waals surface area contributed by atoms with Crippen molar-refractivity contribution >= 4 is 17.5 Å². The Morgan fingerprint density at radius 2 is 1.89 bits per heavy atom. The predicted octanol–water partition coefficient (Wildman–Crippen LogP) is 3.34. The number of hydrogen-bond donors (Lipinski definition) is 1. The van der Waals surface area contributed by atoms with E-state index in [1.165, 1.54) is 4.80 Å². The minimum atomic E-state index is -0.723. The van der Waals surface area contributed by atoms with Crippen molar-refractivity contribution in [3.63, 3.8) is 0 Å². The molecule has 146 valence electrons. The summed E-state index contributed by atoms with van der Waals surface area (Å²) >= 11 is 6.14. The Morgan fingerprint density at radius 3 is 2.57 bits per heavy atom. The van der Waals surface area contributed by atoms with Gasteiger partial charge in [-0.15, -0.1) is 10.2 Å². The summed E-state index contributed by atoms with van der Waals surface area (Å²) in [5, 5.41) is 16.1. The fourth-order valence-corrected chi connectivity index (χ4v) is 2.85. The van der Waals surface area contributed by atoms with Gasteiger partial charge in [0.25, 0.3) is 0 Å². The van der Waals surface area contributed by atoms with Crippen molar-refractivity contribution in [1.29, 1.82) is 0 Å². The number of aromatic nitrogens is 4. The van der Waals surface area contributed by atoms with Crippen molar-refractivity contribution in [2.75, 3.05) is 7.11 Å². The molecule has 1 aromatic heterocycles. The summed E-state index contributed by atoms with van der Waals surface area (Å²) in [4.78, 5) is 14.1. The summed E-state index contributed by atoms with van der Waals surface area (Å²) in [5.41, 5.74) is 0.973. The van der Waals surface area contributed by atoms with Gasteiger partial charge in [0.1, 0.15) is 5.75 Å². The van der Waals surface area contributed by atoms with Gasteiger partial charge in [0.2, 0.25) is 11.7 Å². The highest BCUT2D eigenvalue weighted by Crippen LogP contribution is 2.21. The Kier molecular flexibility index (Phi) is 5.94. The topological polar surface area (TPSA) is 81.9 Å². The Labute approximate surface area is 168 Å². The second-order valence-electron chi connectivity index (χ2n) is 7.03. The third-order valence-electron chi connectivity index (χ3n) is 4.35. The lowest BCUT2D eigenvalue weighted by Gasteiger charge is -2.22. The molecular weight excluding hydrogens is 378 g/mol. The zero-order valence-corrected chi connectivity index (χ0v) is 16.8. The molecule has 3 aromatic rings. The van der Waals surface area contributed by atoms with Crippen LogP contribution in [0.2, 0.25) is 5.02 Å². The number of tetrazole rings is 1. The largest absolute Gasteiger partial charge is 0.497 e. The molecule has 28 heavy (non-hydrogen) atoms. The molecule has 0 radical (unpaired) electrons. The SMILES string of the molecule is COc1ccc(-c2nnn(CC(C)(C)C(=O)NCc3ccccc3Cl)n2)cc1. The number of methoxy groups -OCH3 is 1. The average molecular weight is 400 g/mol. The molecule has 1 heterocycles. The first-order valence-corrected chi connectivity index (χ1v) is 9.21. The first kappa shape index (κ1) is 19.8. The van der Waals surface area contributed by atoms with E-state index in [1.807, 2.05) is 56.3 Å². The maximum atomic E-state index is 12.6. The summed E-state index contributed by atoms with van der Waals surface area (Å²) in [6.45, 7) is 4.34. The summed E-state index contributed by atoms with van der Waals surface area (Å²) in [5.74, 6) is 1.14. The zero-order valence-electron chi connectivity index (χ0n) is 16.0. The number of amides is 1. The van der Waals surface area contributed by atoms with Crippen LogP contribution in [0.4, 0.5) is 0 Å². The molecule has 0 fully saturated rings. The van der Waals surface area contributed by atoms with Crippen LogP contribution in [0.3, 0.4) is 0 Å². The second-order valence-corrected chi connectivity index (χ2v) is 7.44. The molecule has 2 aromatic carbocycles. The van der Waals surface area contributed by atoms with E-state index in [2.05, 4.69) is 20.7 Å². The molecule has 0 unspecified atom stereocenters. The number of benzene rings is 2. The van der Waals surface area contributed by atoms with Gasteiger partial charge in [-0.05, 0) is 55.0 Å².